The maximum Gasteiger partial charge on any atom is 0.169 e. The lowest BCUT2D eigenvalue weighted by Gasteiger charge is -2.04. The van der Waals surface area contributed by atoms with Crippen molar-refractivity contribution in [1.82, 2.24) is 4.98 Å². The zero-order chi connectivity index (χ0) is 13.2. The standard InChI is InChI=1S/C14H12N2OS2/c1-9(17)13-5-3-11(19-13)7-15-10-2-4-12-14(6-10)18-8-16-12/h2-6,8,15H,7H2,1H3. The number of anilines is 1. The number of hydrogen-bond donors (Lipinski definition) is 1. The van der Waals surface area contributed by atoms with Crippen LogP contribution in [0, 0.1) is 0 Å². The third-order valence-corrected chi connectivity index (χ3v) is 4.78. The fourth-order valence-electron chi connectivity index (χ4n) is 1.82. The van der Waals surface area contributed by atoms with Gasteiger partial charge in [-0.15, -0.1) is 22.7 Å². The fraction of sp³-hybridized carbons (Fsp3) is 0.143. The second-order valence-electron chi connectivity index (χ2n) is 4.21. The molecule has 5 heteroatoms. The SMILES string of the molecule is CC(=O)c1ccc(CNc2ccc3ncsc3c2)s1. The number of nitrogens with zero attached hydrogens (tertiary/aromatic N) is 1. The topological polar surface area (TPSA) is 42.0 Å². The summed E-state index contributed by atoms with van der Waals surface area (Å²) < 4.78 is 1.18. The van der Waals surface area contributed by atoms with E-state index in [4.69, 9.17) is 0 Å². The Hall–Kier alpha value is -1.72. The van der Waals surface area contributed by atoms with Crippen molar-refractivity contribution in [1.29, 1.82) is 0 Å². The summed E-state index contributed by atoms with van der Waals surface area (Å²) in [6.07, 6.45) is 0. The van der Waals surface area contributed by atoms with Gasteiger partial charge in [0.25, 0.3) is 0 Å². The number of Topliss-reactive ketones (excluding diaryl/α,β-unsaturated/α-hetero) is 1. The second-order valence-corrected chi connectivity index (χ2v) is 6.27. The number of rotatable bonds is 4. The third kappa shape index (κ3) is 2.67. The molecule has 0 aliphatic heterocycles. The van der Waals surface area contributed by atoms with E-state index in [0.717, 1.165) is 27.5 Å². The zero-order valence-corrected chi connectivity index (χ0v) is 12.0. The van der Waals surface area contributed by atoms with Crippen molar-refractivity contribution in [2.75, 3.05) is 5.32 Å². The molecule has 3 nitrogen and oxygen atoms in total. The molecular formula is C14H12N2OS2. The van der Waals surface area contributed by atoms with E-state index in [0.29, 0.717) is 0 Å². The van der Waals surface area contributed by atoms with Crippen LogP contribution in [0.5, 0.6) is 0 Å². The molecule has 2 aromatic heterocycles. The van der Waals surface area contributed by atoms with Gasteiger partial charge in [0.15, 0.2) is 5.78 Å². The van der Waals surface area contributed by atoms with Crippen LogP contribution < -0.4 is 5.32 Å². The van der Waals surface area contributed by atoms with Gasteiger partial charge in [-0.25, -0.2) is 4.98 Å². The molecule has 3 aromatic rings. The molecule has 2 heterocycles. The molecule has 19 heavy (non-hydrogen) atoms. The lowest BCUT2D eigenvalue weighted by molar-refractivity contribution is 0.102. The first-order valence-corrected chi connectivity index (χ1v) is 7.59. The summed E-state index contributed by atoms with van der Waals surface area (Å²) in [6, 6.07) is 10.0. The number of aromatic nitrogens is 1. The average molecular weight is 288 g/mol. The summed E-state index contributed by atoms with van der Waals surface area (Å²) in [4.78, 5) is 17.5. The molecule has 1 N–H and O–H groups in total. The molecule has 0 atom stereocenters. The summed E-state index contributed by atoms with van der Waals surface area (Å²) in [5.74, 6) is 0.127. The predicted molar refractivity (Wildman–Crippen MR) is 81.3 cm³/mol. The number of fused-ring (bicyclic) bond motifs is 1. The van der Waals surface area contributed by atoms with Crippen LogP contribution in [0.25, 0.3) is 10.2 Å². The normalized spacial score (nSPS) is 10.8. The highest BCUT2D eigenvalue weighted by Crippen LogP contribution is 2.23. The summed E-state index contributed by atoms with van der Waals surface area (Å²) in [7, 11) is 0. The van der Waals surface area contributed by atoms with Gasteiger partial charge in [0.05, 0.1) is 20.6 Å². The van der Waals surface area contributed by atoms with Gasteiger partial charge >= 0.3 is 0 Å². The lowest BCUT2D eigenvalue weighted by Crippen LogP contribution is -1.96. The summed E-state index contributed by atoms with van der Waals surface area (Å²) in [5.41, 5.74) is 3.97. The molecule has 0 bridgehead atoms. The summed E-state index contributed by atoms with van der Waals surface area (Å²) >= 11 is 3.18. The molecule has 0 radical (unpaired) electrons. The highest BCUT2D eigenvalue weighted by molar-refractivity contribution is 7.16. The van der Waals surface area contributed by atoms with Crippen molar-refractivity contribution in [2.24, 2.45) is 0 Å². The van der Waals surface area contributed by atoms with E-state index in [2.05, 4.69) is 16.4 Å². The largest absolute Gasteiger partial charge is 0.380 e. The van der Waals surface area contributed by atoms with E-state index in [1.165, 1.54) is 4.70 Å². The van der Waals surface area contributed by atoms with Gasteiger partial charge in [0, 0.05) is 17.1 Å². The molecule has 0 spiro atoms. The number of thiophene rings is 1. The Bertz CT molecular complexity index is 730. The van der Waals surface area contributed by atoms with Gasteiger partial charge < -0.3 is 5.32 Å². The Kier molecular flexibility index (Phi) is 3.31. The highest BCUT2D eigenvalue weighted by Gasteiger charge is 2.04. The molecule has 0 aliphatic rings. The number of nitrogens with one attached hydrogen (secondary N) is 1. The quantitative estimate of drug-likeness (QED) is 0.733. The molecule has 0 saturated carbocycles. The first kappa shape index (κ1) is 12.3. The van der Waals surface area contributed by atoms with Crippen LogP contribution in [0.2, 0.25) is 0 Å². The Balaban J connectivity index is 1.72. The van der Waals surface area contributed by atoms with Gasteiger partial charge in [0.1, 0.15) is 0 Å². The van der Waals surface area contributed by atoms with E-state index in [9.17, 15) is 4.79 Å². The lowest BCUT2D eigenvalue weighted by atomic mass is 10.3. The summed E-state index contributed by atoms with van der Waals surface area (Å²) in [5, 5.41) is 3.37. The van der Waals surface area contributed by atoms with Gasteiger partial charge in [-0.05, 0) is 37.3 Å². The van der Waals surface area contributed by atoms with Crippen molar-refractivity contribution in [3.05, 3.63) is 45.6 Å². The van der Waals surface area contributed by atoms with Crippen LogP contribution in [0.4, 0.5) is 5.69 Å². The van der Waals surface area contributed by atoms with Crippen LogP contribution in [0.15, 0.2) is 35.8 Å². The average Bonchev–Trinajstić information content (AvgIpc) is 3.04. The minimum Gasteiger partial charge on any atom is -0.380 e. The second kappa shape index (κ2) is 5.11. The van der Waals surface area contributed by atoms with Crippen molar-refractivity contribution >= 4 is 44.4 Å². The van der Waals surface area contributed by atoms with Gasteiger partial charge in [-0.2, -0.15) is 0 Å². The predicted octanol–water partition coefficient (Wildman–Crippen LogP) is 4.17. The van der Waals surface area contributed by atoms with E-state index in [1.54, 1.807) is 29.6 Å². The smallest absolute Gasteiger partial charge is 0.169 e. The van der Waals surface area contributed by atoms with Gasteiger partial charge in [-0.1, -0.05) is 0 Å². The van der Waals surface area contributed by atoms with Crippen LogP contribution in [-0.2, 0) is 6.54 Å². The Morgan fingerprint density at radius 3 is 3.00 bits per heavy atom. The first-order chi connectivity index (χ1) is 9.22. The van der Waals surface area contributed by atoms with Crippen molar-refractivity contribution in [3.8, 4) is 0 Å². The van der Waals surface area contributed by atoms with Gasteiger partial charge in [-0.3, -0.25) is 4.79 Å². The Morgan fingerprint density at radius 2 is 2.21 bits per heavy atom. The first-order valence-electron chi connectivity index (χ1n) is 5.89. The molecule has 0 saturated heterocycles. The van der Waals surface area contributed by atoms with Crippen LogP contribution in [0.1, 0.15) is 21.5 Å². The minimum absolute atomic E-state index is 0.127. The highest BCUT2D eigenvalue weighted by atomic mass is 32.1. The Labute approximate surface area is 118 Å². The molecule has 0 amide bonds. The summed E-state index contributed by atoms with van der Waals surface area (Å²) in [6.45, 7) is 2.34. The zero-order valence-electron chi connectivity index (χ0n) is 10.3. The molecule has 0 fully saturated rings. The number of hydrogen-bond acceptors (Lipinski definition) is 5. The van der Waals surface area contributed by atoms with Crippen molar-refractivity contribution in [3.63, 3.8) is 0 Å². The molecular weight excluding hydrogens is 276 g/mol. The van der Waals surface area contributed by atoms with E-state index < -0.39 is 0 Å². The number of carbonyl (C=O) groups is 1. The molecule has 1 aromatic carbocycles. The molecule has 3 rings (SSSR count). The maximum atomic E-state index is 11.2. The fourth-order valence-corrected chi connectivity index (χ4v) is 3.38. The van der Waals surface area contributed by atoms with Crippen LogP contribution >= 0.6 is 22.7 Å². The molecule has 0 unspecified atom stereocenters. The van der Waals surface area contributed by atoms with E-state index in [1.807, 2.05) is 29.8 Å². The number of ketones is 1. The third-order valence-electron chi connectivity index (χ3n) is 2.81. The van der Waals surface area contributed by atoms with Crippen LogP contribution in [0.3, 0.4) is 0 Å². The number of benzene rings is 1. The van der Waals surface area contributed by atoms with Crippen molar-refractivity contribution < 1.29 is 4.79 Å². The Morgan fingerprint density at radius 1 is 1.32 bits per heavy atom. The number of thiazole rings is 1. The molecule has 96 valence electrons. The van der Waals surface area contributed by atoms with Crippen molar-refractivity contribution in [2.45, 2.75) is 13.5 Å². The van der Waals surface area contributed by atoms with E-state index in [-0.39, 0.29) is 5.78 Å². The van der Waals surface area contributed by atoms with Crippen LogP contribution in [-0.4, -0.2) is 10.8 Å². The maximum absolute atomic E-state index is 11.2. The van der Waals surface area contributed by atoms with Gasteiger partial charge in [0.2, 0.25) is 0 Å². The minimum atomic E-state index is 0.127. The monoisotopic (exact) mass is 288 g/mol. The number of carbonyl (C=O) groups excluding carboxylic acids is 1. The molecule has 0 aliphatic carbocycles. The van der Waals surface area contributed by atoms with E-state index >= 15 is 0 Å².